The maximum absolute atomic E-state index is 10.6. The SMILES string of the molecule is CC.NCC(=O)c1ncco1. The van der Waals surface area contributed by atoms with Crippen molar-refractivity contribution in [2.24, 2.45) is 5.73 Å². The lowest BCUT2D eigenvalue weighted by Gasteiger charge is -1.84. The fourth-order valence-corrected chi connectivity index (χ4v) is 0.448. The number of carbonyl (C=O) groups is 1. The standard InChI is InChI=1S/C5H6N2O2.C2H6/c6-3-4(8)5-7-1-2-9-5;1-2/h1-2H,3,6H2;1-2H3. The van der Waals surface area contributed by atoms with Gasteiger partial charge in [0.2, 0.25) is 5.78 Å². The number of nitrogens with zero attached hydrogens (tertiary/aromatic N) is 1. The predicted molar refractivity (Wildman–Crippen MR) is 41.2 cm³/mol. The van der Waals surface area contributed by atoms with Crippen molar-refractivity contribution >= 4 is 5.78 Å². The average molecular weight is 156 g/mol. The topological polar surface area (TPSA) is 69.1 Å². The molecule has 4 nitrogen and oxygen atoms in total. The van der Waals surface area contributed by atoms with Crippen molar-refractivity contribution in [3.05, 3.63) is 18.4 Å². The minimum Gasteiger partial charge on any atom is -0.442 e. The van der Waals surface area contributed by atoms with Gasteiger partial charge in [-0.25, -0.2) is 4.98 Å². The van der Waals surface area contributed by atoms with E-state index in [-0.39, 0.29) is 18.2 Å². The highest BCUT2D eigenvalue weighted by atomic mass is 16.3. The molecule has 1 rings (SSSR count). The third-order valence-corrected chi connectivity index (χ3v) is 0.856. The summed E-state index contributed by atoms with van der Waals surface area (Å²) in [5.74, 6) is -0.197. The van der Waals surface area contributed by atoms with Crippen molar-refractivity contribution in [2.75, 3.05) is 6.54 Å². The van der Waals surface area contributed by atoms with Crippen LogP contribution in [0.5, 0.6) is 0 Å². The van der Waals surface area contributed by atoms with Crippen LogP contribution in [0.4, 0.5) is 0 Å². The largest absolute Gasteiger partial charge is 0.442 e. The summed E-state index contributed by atoms with van der Waals surface area (Å²) in [6, 6.07) is 0. The third kappa shape index (κ3) is 2.95. The summed E-state index contributed by atoms with van der Waals surface area (Å²) in [5, 5.41) is 0. The Morgan fingerprint density at radius 1 is 1.73 bits per heavy atom. The predicted octanol–water partition coefficient (Wildman–Crippen LogP) is 0.842. The molecule has 0 aliphatic rings. The van der Waals surface area contributed by atoms with Gasteiger partial charge in [-0.05, 0) is 0 Å². The van der Waals surface area contributed by atoms with E-state index in [4.69, 9.17) is 5.73 Å². The lowest BCUT2D eigenvalue weighted by atomic mass is 10.4. The summed E-state index contributed by atoms with van der Waals surface area (Å²) in [7, 11) is 0. The van der Waals surface area contributed by atoms with Gasteiger partial charge < -0.3 is 10.2 Å². The smallest absolute Gasteiger partial charge is 0.264 e. The molecule has 0 aliphatic heterocycles. The summed E-state index contributed by atoms with van der Waals surface area (Å²) in [6.07, 6.45) is 2.74. The van der Waals surface area contributed by atoms with Crippen LogP contribution in [-0.2, 0) is 0 Å². The molecule has 0 fully saturated rings. The Balaban J connectivity index is 0.000000461. The number of hydrogen-bond donors (Lipinski definition) is 1. The van der Waals surface area contributed by atoms with E-state index in [1.54, 1.807) is 0 Å². The van der Waals surface area contributed by atoms with Crippen LogP contribution < -0.4 is 5.73 Å². The number of oxazole rings is 1. The maximum Gasteiger partial charge on any atom is 0.264 e. The summed E-state index contributed by atoms with van der Waals surface area (Å²) in [4.78, 5) is 14.2. The minimum absolute atomic E-state index is 0.0550. The van der Waals surface area contributed by atoms with Crippen LogP contribution in [-0.4, -0.2) is 17.3 Å². The molecule has 1 aromatic rings. The molecule has 0 aliphatic carbocycles. The first-order valence-corrected chi connectivity index (χ1v) is 3.47. The van der Waals surface area contributed by atoms with Crippen molar-refractivity contribution in [1.29, 1.82) is 0 Å². The zero-order chi connectivity index (χ0) is 8.69. The number of carbonyl (C=O) groups excluding carboxylic acids is 1. The second-order valence-electron chi connectivity index (χ2n) is 1.46. The normalized spacial score (nSPS) is 8.27. The Labute approximate surface area is 65.4 Å². The van der Waals surface area contributed by atoms with Crippen LogP contribution >= 0.6 is 0 Å². The third-order valence-electron chi connectivity index (χ3n) is 0.856. The van der Waals surface area contributed by atoms with Gasteiger partial charge in [0.1, 0.15) is 6.26 Å². The van der Waals surface area contributed by atoms with E-state index in [1.807, 2.05) is 13.8 Å². The molecular formula is C7H12N2O2. The molecule has 0 atom stereocenters. The number of nitrogens with two attached hydrogens (primary N) is 1. The molecule has 0 saturated heterocycles. The molecule has 1 aromatic heterocycles. The molecular weight excluding hydrogens is 144 g/mol. The monoisotopic (exact) mass is 156 g/mol. The number of rotatable bonds is 2. The van der Waals surface area contributed by atoms with Crippen LogP contribution in [0.25, 0.3) is 0 Å². The summed E-state index contributed by atoms with van der Waals surface area (Å²) in [5.41, 5.74) is 5.01. The molecule has 1 heterocycles. The van der Waals surface area contributed by atoms with Crippen LogP contribution in [0.1, 0.15) is 24.5 Å². The van der Waals surface area contributed by atoms with Crippen LogP contribution in [0.15, 0.2) is 16.9 Å². The van der Waals surface area contributed by atoms with Gasteiger partial charge >= 0.3 is 0 Å². The molecule has 0 aromatic carbocycles. The molecule has 0 spiro atoms. The second-order valence-corrected chi connectivity index (χ2v) is 1.46. The van der Waals surface area contributed by atoms with Gasteiger partial charge in [0.05, 0.1) is 12.7 Å². The van der Waals surface area contributed by atoms with Gasteiger partial charge in [-0.3, -0.25) is 4.79 Å². The number of hydrogen-bond acceptors (Lipinski definition) is 4. The summed E-state index contributed by atoms with van der Waals surface area (Å²) in [6.45, 7) is 3.94. The van der Waals surface area contributed by atoms with Crippen molar-refractivity contribution in [3.63, 3.8) is 0 Å². The van der Waals surface area contributed by atoms with Gasteiger partial charge in [0.15, 0.2) is 0 Å². The van der Waals surface area contributed by atoms with E-state index in [0.717, 1.165) is 0 Å². The first kappa shape index (κ1) is 9.84. The van der Waals surface area contributed by atoms with E-state index in [0.29, 0.717) is 0 Å². The highest BCUT2D eigenvalue weighted by Gasteiger charge is 2.05. The molecule has 0 unspecified atom stereocenters. The molecule has 0 amide bonds. The summed E-state index contributed by atoms with van der Waals surface area (Å²) < 4.78 is 4.65. The Hall–Kier alpha value is -1.16. The van der Waals surface area contributed by atoms with Gasteiger partial charge in [-0.1, -0.05) is 13.8 Å². The molecule has 0 radical (unpaired) electrons. The molecule has 0 saturated carbocycles. The first-order chi connectivity index (χ1) is 5.34. The zero-order valence-electron chi connectivity index (χ0n) is 6.70. The zero-order valence-corrected chi connectivity index (χ0v) is 6.70. The van der Waals surface area contributed by atoms with Crippen molar-refractivity contribution in [3.8, 4) is 0 Å². The quantitative estimate of drug-likeness (QED) is 0.644. The van der Waals surface area contributed by atoms with Gasteiger partial charge in [0.25, 0.3) is 5.89 Å². The van der Waals surface area contributed by atoms with E-state index < -0.39 is 0 Å². The van der Waals surface area contributed by atoms with Gasteiger partial charge in [-0.2, -0.15) is 0 Å². The van der Waals surface area contributed by atoms with Crippen LogP contribution in [0, 0.1) is 0 Å². The number of aromatic nitrogens is 1. The summed E-state index contributed by atoms with van der Waals surface area (Å²) >= 11 is 0. The lowest BCUT2D eigenvalue weighted by molar-refractivity contribution is 0.0968. The Bertz CT molecular complexity index is 194. The highest BCUT2D eigenvalue weighted by molar-refractivity contribution is 5.93. The molecule has 11 heavy (non-hydrogen) atoms. The molecule has 62 valence electrons. The molecule has 0 bridgehead atoms. The Morgan fingerprint density at radius 3 is 2.73 bits per heavy atom. The Kier molecular flexibility index (Phi) is 5.02. The van der Waals surface area contributed by atoms with Crippen molar-refractivity contribution in [1.82, 2.24) is 4.98 Å². The lowest BCUT2D eigenvalue weighted by Crippen LogP contribution is -2.13. The van der Waals surface area contributed by atoms with E-state index >= 15 is 0 Å². The fourth-order valence-electron chi connectivity index (χ4n) is 0.448. The maximum atomic E-state index is 10.6. The van der Waals surface area contributed by atoms with E-state index in [1.165, 1.54) is 12.5 Å². The van der Waals surface area contributed by atoms with Crippen LogP contribution in [0.2, 0.25) is 0 Å². The highest BCUT2D eigenvalue weighted by Crippen LogP contribution is 1.93. The van der Waals surface area contributed by atoms with Crippen molar-refractivity contribution in [2.45, 2.75) is 13.8 Å². The Morgan fingerprint density at radius 2 is 2.36 bits per heavy atom. The minimum atomic E-state index is -0.278. The van der Waals surface area contributed by atoms with E-state index in [2.05, 4.69) is 9.40 Å². The molecule has 4 heteroatoms. The van der Waals surface area contributed by atoms with Crippen LogP contribution in [0.3, 0.4) is 0 Å². The fraction of sp³-hybridized carbons (Fsp3) is 0.429. The molecule has 2 N–H and O–H groups in total. The second kappa shape index (κ2) is 5.61. The van der Waals surface area contributed by atoms with Gasteiger partial charge in [0, 0.05) is 0 Å². The van der Waals surface area contributed by atoms with Gasteiger partial charge in [-0.15, -0.1) is 0 Å². The van der Waals surface area contributed by atoms with E-state index in [9.17, 15) is 4.79 Å². The number of Topliss-reactive ketones (excluding diaryl/α,β-unsaturated/α-hetero) is 1. The van der Waals surface area contributed by atoms with Crippen molar-refractivity contribution < 1.29 is 9.21 Å². The first-order valence-electron chi connectivity index (χ1n) is 3.47. The number of ketones is 1. The average Bonchev–Trinajstić information content (AvgIpc) is 2.59.